The average Bonchev–Trinajstić information content (AvgIpc) is 2.66. The van der Waals surface area contributed by atoms with Gasteiger partial charge in [-0.3, -0.25) is 4.79 Å². The standard InChI is InChI=1S/C15H19N2O2/c18-14(16-11-12-5-2-1-3-6-12)15-9-4-7-13(8-10-15)17(15)19/h1-3,5-6,13H,4,7-11H2,(H,16,18)/t13-,15+/m0/s1. The topological polar surface area (TPSA) is 52.2 Å². The van der Waals surface area contributed by atoms with Crippen molar-refractivity contribution in [1.82, 2.24) is 10.4 Å². The first-order valence-electron chi connectivity index (χ1n) is 7.01. The van der Waals surface area contributed by atoms with Crippen LogP contribution in [0.3, 0.4) is 0 Å². The average molecular weight is 259 g/mol. The molecule has 2 aliphatic heterocycles. The molecule has 2 fully saturated rings. The number of nitrogens with one attached hydrogen (secondary N) is 1. The van der Waals surface area contributed by atoms with Crippen LogP contribution in [0.25, 0.3) is 0 Å². The van der Waals surface area contributed by atoms with Crippen molar-refractivity contribution in [3.8, 4) is 0 Å². The molecule has 4 nitrogen and oxygen atoms in total. The van der Waals surface area contributed by atoms with Crippen LogP contribution in [0.4, 0.5) is 0 Å². The first-order valence-corrected chi connectivity index (χ1v) is 7.01. The highest BCUT2D eigenvalue weighted by molar-refractivity contribution is 5.86. The molecule has 2 bridgehead atoms. The second-order valence-corrected chi connectivity index (χ2v) is 5.61. The van der Waals surface area contributed by atoms with Crippen molar-refractivity contribution in [1.29, 1.82) is 0 Å². The Kier molecular flexibility index (Phi) is 3.29. The number of benzene rings is 1. The fraction of sp³-hybridized carbons (Fsp3) is 0.533. The highest BCUT2D eigenvalue weighted by Crippen LogP contribution is 2.43. The maximum Gasteiger partial charge on any atom is 0.243 e. The second-order valence-electron chi connectivity index (χ2n) is 5.61. The monoisotopic (exact) mass is 259 g/mol. The van der Waals surface area contributed by atoms with E-state index in [-0.39, 0.29) is 11.9 Å². The number of nitrogens with zero attached hydrogens (tertiary/aromatic N) is 1. The van der Waals surface area contributed by atoms with Crippen molar-refractivity contribution < 1.29 is 10.0 Å². The van der Waals surface area contributed by atoms with Crippen LogP contribution in [0, 0.1) is 0 Å². The van der Waals surface area contributed by atoms with E-state index in [1.54, 1.807) is 0 Å². The SMILES string of the molecule is [O]N1[C@H]2CCC[C@]1(C(=O)NCc1ccccc1)CC2. The third-order valence-electron chi connectivity index (χ3n) is 4.49. The van der Waals surface area contributed by atoms with Crippen molar-refractivity contribution in [3.63, 3.8) is 0 Å². The lowest BCUT2D eigenvalue weighted by molar-refractivity contribution is -0.239. The van der Waals surface area contributed by atoms with Gasteiger partial charge in [0.15, 0.2) is 0 Å². The van der Waals surface area contributed by atoms with Crippen LogP contribution in [0.15, 0.2) is 30.3 Å². The predicted molar refractivity (Wildman–Crippen MR) is 70.4 cm³/mol. The zero-order valence-electron chi connectivity index (χ0n) is 11.0. The van der Waals surface area contributed by atoms with Crippen molar-refractivity contribution in [2.24, 2.45) is 0 Å². The summed E-state index contributed by atoms with van der Waals surface area (Å²) in [5, 5.41) is 16.2. The van der Waals surface area contributed by atoms with E-state index < -0.39 is 5.54 Å². The minimum atomic E-state index is -0.780. The van der Waals surface area contributed by atoms with Crippen molar-refractivity contribution >= 4 is 5.91 Å². The molecule has 2 aliphatic rings. The van der Waals surface area contributed by atoms with Gasteiger partial charge in [-0.25, -0.2) is 0 Å². The van der Waals surface area contributed by atoms with Gasteiger partial charge in [-0.15, -0.1) is 10.3 Å². The van der Waals surface area contributed by atoms with Crippen LogP contribution >= 0.6 is 0 Å². The van der Waals surface area contributed by atoms with E-state index >= 15 is 0 Å². The Hall–Kier alpha value is -1.39. The third kappa shape index (κ3) is 2.15. The quantitative estimate of drug-likeness (QED) is 0.903. The van der Waals surface area contributed by atoms with E-state index in [0.29, 0.717) is 19.4 Å². The highest BCUT2D eigenvalue weighted by atomic mass is 16.5. The molecule has 1 amide bonds. The van der Waals surface area contributed by atoms with E-state index in [2.05, 4.69) is 5.32 Å². The van der Waals surface area contributed by atoms with Crippen LogP contribution in [0.2, 0.25) is 0 Å². The highest BCUT2D eigenvalue weighted by Gasteiger charge is 2.54. The second kappa shape index (κ2) is 4.94. The molecule has 2 saturated heterocycles. The molecule has 2 heterocycles. The lowest BCUT2D eigenvalue weighted by Crippen LogP contribution is -2.57. The third-order valence-corrected chi connectivity index (χ3v) is 4.49. The molecule has 2 atom stereocenters. The zero-order chi connectivity index (χ0) is 13.3. The van der Waals surface area contributed by atoms with Crippen LogP contribution in [-0.2, 0) is 16.5 Å². The van der Waals surface area contributed by atoms with E-state index in [1.807, 2.05) is 30.3 Å². The predicted octanol–water partition coefficient (Wildman–Crippen LogP) is 2.04. The van der Waals surface area contributed by atoms with E-state index in [4.69, 9.17) is 0 Å². The molecule has 101 valence electrons. The molecule has 0 aromatic heterocycles. The molecule has 1 N–H and O–H groups in total. The summed E-state index contributed by atoms with van der Waals surface area (Å²) >= 11 is 0. The lowest BCUT2D eigenvalue weighted by Gasteiger charge is -2.37. The van der Waals surface area contributed by atoms with Gasteiger partial charge >= 0.3 is 0 Å². The van der Waals surface area contributed by atoms with Crippen molar-refractivity contribution in [2.75, 3.05) is 0 Å². The summed E-state index contributed by atoms with van der Waals surface area (Å²) in [6.07, 6.45) is 4.21. The Morgan fingerprint density at radius 2 is 2.05 bits per heavy atom. The number of hydroxylamine groups is 2. The number of hydrogen-bond acceptors (Lipinski definition) is 2. The van der Waals surface area contributed by atoms with Crippen LogP contribution in [0.5, 0.6) is 0 Å². The molecule has 1 radical (unpaired) electrons. The summed E-state index contributed by atoms with van der Waals surface area (Å²) in [6.45, 7) is 0.500. The van der Waals surface area contributed by atoms with Crippen LogP contribution < -0.4 is 5.32 Å². The van der Waals surface area contributed by atoms with Crippen LogP contribution in [0.1, 0.15) is 37.7 Å². The molecular formula is C15H19N2O2. The fourth-order valence-corrected chi connectivity index (χ4v) is 3.38. The Morgan fingerprint density at radius 3 is 2.84 bits per heavy atom. The molecular weight excluding hydrogens is 240 g/mol. The van der Waals surface area contributed by atoms with E-state index in [9.17, 15) is 10.0 Å². The smallest absolute Gasteiger partial charge is 0.243 e. The van der Waals surface area contributed by atoms with E-state index in [0.717, 1.165) is 29.9 Å². The normalized spacial score (nSPS) is 30.3. The molecule has 0 aliphatic carbocycles. The van der Waals surface area contributed by atoms with Gasteiger partial charge in [-0.1, -0.05) is 30.3 Å². The zero-order valence-corrected chi connectivity index (χ0v) is 11.0. The minimum Gasteiger partial charge on any atom is -0.350 e. The maximum atomic E-state index is 12.4. The summed E-state index contributed by atoms with van der Waals surface area (Å²) in [4.78, 5) is 12.4. The molecule has 4 heteroatoms. The Labute approximate surface area is 113 Å². The summed E-state index contributed by atoms with van der Waals surface area (Å²) in [7, 11) is 0. The first kappa shape index (κ1) is 12.6. The lowest BCUT2D eigenvalue weighted by atomic mass is 9.89. The van der Waals surface area contributed by atoms with Crippen molar-refractivity contribution in [3.05, 3.63) is 35.9 Å². The first-order chi connectivity index (χ1) is 9.22. The largest absolute Gasteiger partial charge is 0.350 e. The van der Waals surface area contributed by atoms with Gasteiger partial charge in [-0.05, 0) is 37.7 Å². The molecule has 1 aromatic carbocycles. The number of fused-ring (bicyclic) bond motifs is 2. The van der Waals surface area contributed by atoms with Crippen LogP contribution in [-0.4, -0.2) is 22.6 Å². The molecule has 0 spiro atoms. The number of carbonyl (C=O) groups is 1. The molecule has 0 unspecified atom stereocenters. The number of hydrogen-bond donors (Lipinski definition) is 1. The van der Waals surface area contributed by atoms with Gasteiger partial charge in [0.05, 0.1) is 0 Å². The Balaban J connectivity index is 1.67. The maximum absolute atomic E-state index is 12.4. The number of carbonyl (C=O) groups excluding carboxylic acids is 1. The number of amides is 1. The van der Waals surface area contributed by atoms with Gasteiger partial charge in [0.25, 0.3) is 0 Å². The molecule has 0 saturated carbocycles. The molecule has 19 heavy (non-hydrogen) atoms. The van der Waals surface area contributed by atoms with Gasteiger partial charge in [0, 0.05) is 12.6 Å². The van der Waals surface area contributed by atoms with Gasteiger partial charge in [0.1, 0.15) is 5.54 Å². The van der Waals surface area contributed by atoms with E-state index in [1.165, 1.54) is 0 Å². The molecule has 1 aromatic rings. The summed E-state index contributed by atoms with van der Waals surface area (Å²) in [5.74, 6) is -0.0893. The number of rotatable bonds is 3. The number of piperidine rings is 1. The summed E-state index contributed by atoms with van der Waals surface area (Å²) < 4.78 is 0. The summed E-state index contributed by atoms with van der Waals surface area (Å²) in [5.41, 5.74) is 0.285. The van der Waals surface area contributed by atoms with Gasteiger partial charge < -0.3 is 5.32 Å². The Bertz CT molecular complexity index is 458. The Morgan fingerprint density at radius 1 is 1.26 bits per heavy atom. The molecule has 3 rings (SSSR count). The van der Waals surface area contributed by atoms with Gasteiger partial charge in [-0.2, -0.15) is 0 Å². The minimum absolute atomic E-state index is 0.0659. The summed E-state index contributed by atoms with van der Waals surface area (Å²) in [6, 6.07) is 9.87. The van der Waals surface area contributed by atoms with Crippen molar-refractivity contribution in [2.45, 2.75) is 50.2 Å². The van der Waals surface area contributed by atoms with Gasteiger partial charge in [0.2, 0.25) is 5.91 Å². The fourth-order valence-electron chi connectivity index (χ4n) is 3.38.